The van der Waals surface area contributed by atoms with Gasteiger partial charge in [-0.2, -0.15) is 9.97 Å². The van der Waals surface area contributed by atoms with Crippen LogP contribution in [0.4, 0.5) is 0 Å². The number of aryl methyl sites for hydroxylation is 1. The largest absolute Gasteiger partial charge is 0.481 e. The molecule has 1 aromatic heterocycles. The van der Waals surface area contributed by atoms with E-state index in [9.17, 15) is 0 Å². The molecule has 0 bridgehead atoms. The van der Waals surface area contributed by atoms with E-state index in [0.717, 1.165) is 12.2 Å². The molecule has 0 aliphatic heterocycles. The molecule has 1 heterocycles. The Labute approximate surface area is 84.3 Å². The lowest BCUT2D eigenvalue weighted by molar-refractivity contribution is 0.229. The first-order chi connectivity index (χ1) is 6.65. The lowest BCUT2D eigenvalue weighted by Crippen LogP contribution is -2.08. The van der Waals surface area contributed by atoms with Gasteiger partial charge in [0, 0.05) is 6.42 Å². The predicted octanol–water partition coefficient (Wildman–Crippen LogP) is 1.83. The molecule has 0 saturated carbocycles. The van der Waals surface area contributed by atoms with Crippen LogP contribution in [0.15, 0.2) is 6.07 Å². The number of nitrogens with zero attached hydrogens (tertiary/aromatic N) is 2. The number of hydrogen-bond acceptors (Lipinski definition) is 4. The molecule has 78 valence electrons. The van der Waals surface area contributed by atoms with Crippen LogP contribution in [0.5, 0.6) is 11.8 Å². The van der Waals surface area contributed by atoms with E-state index in [-0.39, 0.29) is 6.10 Å². The summed E-state index contributed by atoms with van der Waals surface area (Å²) < 4.78 is 10.5. The molecule has 0 fully saturated rings. The first-order valence-corrected chi connectivity index (χ1v) is 4.74. The van der Waals surface area contributed by atoms with Crippen LogP contribution < -0.4 is 9.47 Å². The van der Waals surface area contributed by atoms with Crippen molar-refractivity contribution in [2.45, 2.75) is 33.3 Å². The molecule has 0 spiro atoms. The van der Waals surface area contributed by atoms with E-state index in [1.165, 1.54) is 0 Å². The van der Waals surface area contributed by atoms with Crippen molar-refractivity contribution in [3.05, 3.63) is 11.9 Å². The summed E-state index contributed by atoms with van der Waals surface area (Å²) in [4.78, 5) is 8.39. The van der Waals surface area contributed by atoms with Gasteiger partial charge in [-0.25, -0.2) is 0 Å². The van der Waals surface area contributed by atoms with E-state index >= 15 is 0 Å². The molecule has 0 aromatic carbocycles. The highest BCUT2D eigenvalue weighted by molar-refractivity contribution is 5.21. The molecule has 0 atom stereocenters. The fourth-order valence-corrected chi connectivity index (χ4v) is 1.01. The molecular formula is C10H16N2O2. The maximum absolute atomic E-state index is 5.47. The second-order valence-electron chi connectivity index (χ2n) is 3.18. The Morgan fingerprint density at radius 2 is 1.93 bits per heavy atom. The third-order valence-electron chi connectivity index (χ3n) is 1.61. The molecule has 4 heteroatoms. The molecule has 0 unspecified atom stereocenters. The summed E-state index contributed by atoms with van der Waals surface area (Å²) in [6.07, 6.45) is 0.880. The zero-order chi connectivity index (χ0) is 10.6. The van der Waals surface area contributed by atoms with Crippen LogP contribution in [0.1, 0.15) is 26.6 Å². The minimum atomic E-state index is 0.110. The number of aromatic nitrogens is 2. The lowest BCUT2D eigenvalue weighted by Gasteiger charge is -2.10. The smallest absolute Gasteiger partial charge is 0.220 e. The summed E-state index contributed by atoms with van der Waals surface area (Å²) in [6.45, 7) is 5.91. The third-order valence-corrected chi connectivity index (χ3v) is 1.61. The van der Waals surface area contributed by atoms with Crippen molar-refractivity contribution >= 4 is 0 Å². The van der Waals surface area contributed by atoms with Crippen molar-refractivity contribution in [2.75, 3.05) is 7.11 Å². The van der Waals surface area contributed by atoms with Crippen LogP contribution in [-0.2, 0) is 6.42 Å². The van der Waals surface area contributed by atoms with Crippen LogP contribution in [0.25, 0.3) is 0 Å². The van der Waals surface area contributed by atoms with Crippen molar-refractivity contribution in [3.63, 3.8) is 0 Å². The first-order valence-electron chi connectivity index (χ1n) is 4.74. The molecule has 0 N–H and O–H groups in total. The Hall–Kier alpha value is -1.32. The van der Waals surface area contributed by atoms with Gasteiger partial charge in [0.2, 0.25) is 11.8 Å². The average Bonchev–Trinajstić information content (AvgIpc) is 2.16. The van der Waals surface area contributed by atoms with E-state index in [1.54, 1.807) is 13.2 Å². The summed E-state index contributed by atoms with van der Waals surface area (Å²) in [6, 6.07) is 1.69. The maximum Gasteiger partial charge on any atom is 0.220 e. The second kappa shape index (κ2) is 4.79. The Morgan fingerprint density at radius 3 is 2.43 bits per heavy atom. The van der Waals surface area contributed by atoms with Crippen molar-refractivity contribution in [3.8, 4) is 11.8 Å². The van der Waals surface area contributed by atoms with Gasteiger partial charge in [-0.05, 0) is 13.8 Å². The third kappa shape index (κ3) is 2.87. The normalized spacial score (nSPS) is 10.4. The molecule has 0 saturated heterocycles. The zero-order valence-corrected chi connectivity index (χ0v) is 9.07. The zero-order valence-electron chi connectivity index (χ0n) is 9.07. The van der Waals surface area contributed by atoms with Crippen LogP contribution in [-0.4, -0.2) is 23.2 Å². The van der Waals surface area contributed by atoms with Gasteiger partial charge in [0.25, 0.3) is 0 Å². The number of ether oxygens (including phenoxy) is 2. The Kier molecular flexibility index (Phi) is 3.68. The summed E-state index contributed by atoms with van der Waals surface area (Å²) >= 11 is 0. The van der Waals surface area contributed by atoms with Crippen LogP contribution in [0.3, 0.4) is 0 Å². The number of methoxy groups -OCH3 is 1. The van der Waals surface area contributed by atoms with Crippen molar-refractivity contribution in [1.29, 1.82) is 0 Å². The van der Waals surface area contributed by atoms with E-state index in [0.29, 0.717) is 11.8 Å². The van der Waals surface area contributed by atoms with Gasteiger partial charge < -0.3 is 9.47 Å². The molecule has 0 radical (unpaired) electrons. The highest BCUT2D eigenvalue weighted by Gasteiger charge is 2.05. The summed E-state index contributed by atoms with van der Waals surface area (Å²) in [5.74, 6) is 1.86. The SMILES string of the molecule is CCc1nc(OC)cc(OC(C)C)n1. The Morgan fingerprint density at radius 1 is 1.29 bits per heavy atom. The van der Waals surface area contributed by atoms with E-state index in [4.69, 9.17) is 9.47 Å². The fourth-order valence-electron chi connectivity index (χ4n) is 1.01. The molecule has 1 rings (SSSR count). The summed E-state index contributed by atoms with van der Waals surface area (Å²) in [5, 5.41) is 0. The van der Waals surface area contributed by atoms with Crippen LogP contribution >= 0.6 is 0 Å². The van der Waals surface area contributed by atoms with Gasteiger partial charge in [0.15, 0.2) is 0 Å². The fraction of sp³-hybridized carbons (Fsp3) is 0.600. The second-order valence-corrected chi connectivity index (χ2v) is 3.18. The van der Waals surface area contributed by atoms with Crippen molar-refractivity contribution in [1.82, 2.24) is 9.97 Å². The first kappa shape index (κ1) is 10.8. The topological polar surface area (TPSA) is 44.2 Å². The van der Waals surface area contributed by atoms with E-state index < -0.39 is 0 Å². The molecule has 0 amide bonds. The van der Waals surface area contributed by atoms with Crippen LogP contribution in [0.2, 0.25) is 0 Å². The minimum Gasteiger partial charge on any atom is -0.481 e. The molecular weight excluding hydrogens is 180 g/mol. The highest BCUT2D eigenvalue weighted by atomic mass is 16.5. The maximum atomic E-state index is 5.47. The molecule has 14 heavy (non-hydrogen) atoms. The van der Waals surface area contributed by atoms with Crippen LogP contribution in [0, 0.1) is 0 Å². The summed E-state index contributed by atoms with van der Waals surface area (Å²) in [5.41, 5.74) is 0. The van der Waals surface area contributed by atoms with Gasteiger partial charge in [0.1, 0.15) is 5.82 Å². The van der Waals surface area contributed by atoms with Crippen molar-refractivity contribution in [2.24, 2.45) is 0 Å². The molecule has 4 nitrogen and oxygen atoms in total. The standard InChI is InChI=1S/C10H16N2O2/c1-5-8-11-9(13-4)6-10(12-8)14-7(2)3/h6-7H,5H2,1-4H3. The lowest BCUT2D eigenvalue weighted by atomic mass is 10.4. The predicted molar refractivity (Wildman–Crippen MR) is 53.7 cm³/mol. The van der Waals surface area contributed by atoms with Gasteiger partial charge in [0.05, 0.1) is 19.3 Å². The van der Waals surface area contributed by atoms with E-state index in [1.807, 2.05) is 20.8 Å². The van der Waals surface area contributed by atoms with Gasteiger partial charge in [-0.1, -0.05) is 6.92 Å². The van der Waals surface area contributed by atoms with Gasteiger partial charge >= 0.3 is 0 Å². The quantitative estimate of drug-likeness (QED) is 0.737. The highest BCUT2D eigenvalue weighted by Crippen LogP contribution is 2.16. The monoisotopic (exact) mass is 196 g/mol. The van der Waals surface area contributed by atoms with E-state index in [2.05, 4.69) is 9.97 Å². The molecule has 1 aromatic rings. The average molecular weight is 196 g/mol. The Balaban J connectivity index is 2.92. The van der Waals surface area contributed by atoms with Crippen molar-refractivity contribution < 1.29 is 9.47 Å². The molecule has 0 aliphatic carbocycles. The Bertz CT molecular complexity index is 278. The van der Waals surface area contributed by atoms with Gasteiger partial charge in [-0.3, -0.25) is 0 Å². The minimum absolute atomic E-state index is 0.110. The summed E-state index contributed by atoms with van der Waals surface area (Å²) in [7, 11) is 1.58. The molecule has 0 aliphatic rings. The van der Waals surface area contributed by atoms with Gasteiger partial charge in [-0.15, -0.1) is 0 Å². The number of rotatable bonds is 4. The number of hydrogen-bond donors (Lipinski definition) is 0.